The van der Waals surface area contributed by atoms with Gasteiger partial charge >= 0.3 is 0 Å². The molecule has 1 aliphatic rings. The lowest BCUT2D eigenvalue weighted by Crippen LogP contribution is -2.64. The minimum Gasteiger partial charge on any atom is -0.490 e. The second-order valence-electron chi connectivity index (χ2n) is 9.96. The van der Waals surface area contributed by atoms with Gasteiger partial charge in [0.1, 0.15) is 17.0 Å². The first-order chi connectivity index (χ1) is 19.4. The summed E-state index contributed by atoms with van der Waals surface area (Å²) in [6.07, 6.45) is 2.15. The van der Waals surface area contributed by atoms with Gasteiger partial charge in [0.05, 0.1) is 31.7 Å². The number of fused-ring (bicyclic) bond motifs is 1. The molecule has 5 rings (SSSR count). The Morgan fingerprint density at radius 3 is 2.40 bits per heavy atom. The lowest BCUT2D eigenvalue weighted by atomic mass is 9.93. The van der Waals surface area contributed by atoms with E-state index in [9.17, 15) is 9.59 Å². The summed E-state index contributed by atoms with van der Waals surface area (Å²) in [4.78, 5) is 29.5. The first-order valence-corrected chi connectivity index (χ1v) is 13.7. The van der Waals surface area contributed by atoms with Crippen LogP contribution in [0.1, 0.15) is 42.4 Å². The smallest absolute Gasteiger partial charge is 0.271 e. The van der Waals surface area contributed by atoms with Crippen molar-refractivity contribution >= 4 is 11.8 Å². The number of carbonyl (C=O) groups is 2. The van der Waals surface area contributed by atoms with Crippen LogP contribution in [0.2, 0.25) is 0 Å². The van der Waals surface area contributed by atoms with Crippen LogP contribution in [-0.4, -0.2) is 46.6 Å². The van der Waals surface area contributed by atoms with Crippen LogP contribution in [0, 0.1) is 0 Å². The molecule has 0 saturated heterocycles. The fraction of sp³-hybridized carbons (Fsp3) is 0.312. The predicted molar refractivity (Wildman–Crippen MR) is 152 cm³/mol. The van der Waals surface area contributed by atoms with Crippen LogP contribution >= 0.6 is 0 Å². The van der Waals surface area contributed by atoms with Gasteiger partial charge in [-0.2, -0.15) is 0 Å². The van der Waals surface area contributed by atoms with Crippen molar-refractivity contribution in [1.82, 2.24) is 14.8 Å². The van der Waals surface area contributed by atoms with Crippen molar-refractivity contribution in [2.24, 2.45) is 0 Å². The number of amides is 2. The number of hydrogen-bond acceptors (Lipinski definition) is 5. The zero-order valence-corrected chi connectivity index (χ0v) is 23.2. The fourth-order valence-electron chi connectivity index (χ4n) is 5.22. The predicted octanol–water partition coefficient (Wildman–Crippen LogP) is 5.32. The van der Waals surface area contributed by atoms with Crippen LogP contribution in [0.4, 0.5) is 0 Å². The monoisotopic (exact) mass is 541 g/mol. The normalized spacial score (nSPS) is 16.5. The van der Waals surface area contributed by atoms with E-state index in [2.05, 4.69) is 5.32 Å². The highest BCUT2D eigenvalue weighted by Gasteiger charge is 2.47. The Bertz CT molecular complexity index is 1460. The fourth-order valence-corrected chi connectivity index (χ4v) is 5.22. The number of hydrogen-bond donors (Lipinski definition) is 1. The zero-order chi connectivity index (χ0) is 28.1. The molecule has 0 spiro atoms. The number of nitrogens with zero attached hydrogens (tertiary/aromatic N) is 2. The van der Waals surface area contributed by atoms with Gasteiger partial charge in [-0.15, -0.1) is 0 Å². The molecule has 0 saturated carbocycles. The summed E-state index contributed by atoms with van der Waals surface area (Å²) in [5.41, 5.74) is 2.14. The van der Waals surface area contributed by atoms with E-state index in [4.69, 9.17) is 13.9 Å². The third-order valence-corrected chi connectivity index (χ3v) is 7.30. The number of carbonyl (C=O) groups excluding carboxylic acids is 2. The number of rotatable bonds is 11. The second-order valence-corrected chi connectivity index (χ2v) is 9.96. The van der Waals surface area contributed by atoms with E-state index < -0.39 is 5.54 Å². The Morgan fingerprint density at radius 2 is 1.68 bits per heavy atom. The van der Waals surface area contributed by atoms with E-state index in [-0.39, 0.29) is 11.8 Å². The minimum absolute atomic E-state index is 0.197. The van der Waals surface area contributed by atoms with Gasteiger partial charge in [0, 0.05) is 13.1 Å². The average Bonchev–Trinajstić information content (AvgIpc) is 3.64. The maximum absolute atomic E-state index is 14.0. The SMILES string of the molecule is CCOc1ccc(CCN2C(=O)c3ccc(-c4ccco4)n3C[C@@]2(C)C(=O)NCc2ccccc2)cc1OCC. The van der Waals surface area contributed by atoms with Gasteiger partial charge in [0.15, 0.2) is 11.5 Å². The molecule has 2 aromatic carbocycles. The van der Waals surface area contributed by atoms with Gasteiger partial charge in [-0.25, -0.2) is 0 Å². The molecular formula is C32H35N3O5. The van der Waals surface area contributed by atoms with Crippen molar-refractivity contribution in [3.63, 3.8) is 0 Å². The van der Waals surface area contributed by atoms with Gasteiger partial charge in [-0.05, 0) is 74.7 Å². The van der Waals surface area contributed by atoms with E-state index in [1.165, 1.54) is 0 Å². The topological polar surface area (TPSA) is 85.9 Å². The molecule has 3 heterocycles. The second kappa shape index (κ2) is 11.7. The summed E-state index contributed by atoms with van der Waals surface area (Å²) in [7, 11) is 0. The molecule has 208 valence electrons. The molecule has 0 bridgehead atoms. The molecular weight excluding hydrogens is 506 g/mol. The summed E-state index contributed by atoms with van der Waals surface area (Å²) in [5.74, 6) is 1.61. The Hall–Kier alpha value is -4.46. The summed E-state index contributed by atoms with van der Waals surface area (Å²) in [6, 6.07) is 22.9. The van der Waals surface area contributed by atoms with Gasteiger partial charge in [0.25, 0.3) is 5.91 Å². The summed E-state index contributed by atoms with van der Waals surface area (Å²) in [5, 5.41) is 3.08. The van der Waals surface area contributed by atoms with E-state index in [1.54, 1.807) is 17.2 Å². The Balaban J connectivity index is 1.44. The summed E-state index contributed by atoms with van der Waals surface area (Å²) < 4.78 is 19.0. The van der Waals surface area contributed by atoms with Gasteiger partial charge in [-0.3, -0.25) is 9.59 Å². The van der Waals surface area contributed by atoms with Crippen LogP contribution in [0.3, 0.4) is 0 Å². The van der Waals surface area contributed by atoms with E-state index in [0.29, 0.717) is 62.2 Å². The molecule has 40 heavy (non-hydrogen) atoms. The molecule has 0 radical (unpaired) electrons. The number of ether oxygens (including phenoxy) is 2. The standard InChI is InChI=1S/C32H35N3O5/c1-4-38-28-16-13-23(20-29(28)39-5-2)17-18-35-30(36)26-15-14-25(27-12-9-19-40-27)34(26)22-32(35,3)31(37)33-21-24-10-7-6-8-11-24/h6-16,19-20H,4-5,17-18,21-22H2,1-3H3,(H,33,37)/t32-/m0/s1. The first-order valence-electron chi connectivity index (χ1n) is 13.7. The summed E-state index contributed by atoms with van der Waals surface area (Å²) in [6.45, 7) is 7.78. The largest absolute Gasteiger partial charge is 0.490 e. The number of nitrogens with one attached hydrogen (secondary N) is 1. The molecule has 1 N–H and O–H groups in total. The number of furan rings is 1. The molecule has 8 nitrogen and oxygen atoms in total. The maximum atomic E-state index is 14.0. The van der Waals surface area contributed by atoms with E-state index >= 15 is 0 Å². The first kappa shape index (κ1) is 27.1. The van der Waals surface area contributed by atoms with Crippen LogP contribution in [0.15, 0.2) is 83.5 Å². The van der Waals surface area contributed by atoms with Gasteiger partial charge in [-0.1, -0.05) is 36.4 Å². The summed E-state index contributed by atoms with van der Waals surface area (Å²) >= 11 is 0. The molecule has 0 aliphatic carbocycles. The lowest BCUT2D eigenvalue weighted by Gasteiger charge is -2.44. The average molecular weight is 542 g/mol. The highest BCUT2D eigenvalue weighted by atomic mass is 16.5. The Labute approximate surface area is 234 Å². The number of aromatic nitrogens is 1. The third kappa shape index (κ3) is 5.34. The highest BCUT2D eigenvalue weighted by molar-refractivity contribution is 6.00. The molecule has 1 aliphatic heterocycles. The molecule has 2 amide bonds. The molecule has 0 fully saturated rings. The van der Waals surface area contributed by atoms with Crippen LogP contribution < -0.4 is 14.8 Å². The quantitative estimate of drug-likeness (QED) is 0.278. The lowest BCUT2D eigenvalue weighted by molar-refractivity contribution is -0.133. The van der Waals surface area contributed by atoms with Crippen molar-refractivity contribution in [2.45, 2.75) is 45.8 Å². The van der Waals surface area contributed by atoms with Crippen molar-refractivity contribution in [1.29, 1.82) is 0 Å². The highest BCUT2D eigenvalue weighted by Crippen LogP contribution is 2.34. The van der Waals surface area contributed by atoms with Crippen LogP contribution in [0.5, 0.6) is 11.5 Å². The molecule has 4 aromatic rings. The van der Waals surface area contributed by atoms with Crippen LogP contribution in [-0.2, 0) is 24.3 Å². The Kier molecular flexibility index (Phi) is 7.96. The van der Waals surface area contributed by atoms with Crippen molar-refractivity contribution < 1.29 is 23.5 Å². The van der Waals surface area contributed by atoms with Crippen molar-refractivity contribution in [3.8, 4) is 23.0 Å². The van der Waals surface area contributed by atoms with E-state index in [0.717, 1.165) is 16.8 Å². The molecule has 2 aromatic heterocycles. The van der Waals surface area contributed by atoms with Gasteiger partial charge < -0.3 is 28.7 Å². The number of benzene rings is 2. The van der Waals surface area contributed by atoms with Crippen molar-refractivity contribution in [2.75, 3.05) is 19.8 Å². The maximum Gasteiger partial charge on any atom is 0.271 e. The molecule has 8 heteroatoms. The van der Waals surface area contributed by atoms with Crippen LogP contribution in [0.25, 0.3) is 11.5 Å². The van der Waals surface area contributed by atoms with E-state index in [1.807, 2.05) is 92.1 Å². The zero-order valence-electron chi connectivity index (χ0n) is 23.2. The van der Waals surface area contributed by atoms with Crippen molar-refractivity contribution in [3.05, 3.63) is 95.9 Å². The third-order valence-electron chi connectivity index (χ3n) is 7.30. The molecule has 1 atom stereocenters. The van der Waals surface area contributed by atoms with Gasteiger partial charge in [0.2, 0.25) is 5.91 Å². The Morgan fingerprint density at radius 1 is 0.925 bits per heavy atom. The molecule has 0 unspecified atom stereocenters. The minimum atomic E-state index is -1.13.